The second kappa shape index (κ2) is 7.57. The van der Waals surface area contributed by atoms with E-state index in [1.54, 1.807) is 29.1 Å². The lowest BCUT2D eigenvalue weighted by atomic mass is 9.92. The van der Waals surface area contributed by atoms with Gasteiger partial charge in [0.2, 0.25) is 0 Å². The molecule has 2 atom stereocenters. The van der Waals surface area contributed by atoms with Crippen molar-refractivity contribution >= 4 is 0 Å². The average molecular weight is 406 g/mol. The first kappa shape index (κ1) is 19.5. The van der Waals surface area contributed by atoms with E-state index < -0.39 is 18.0 Å². The summed E-state index contributed by atoms with van der Waals surface area (Å²) >= 11 is 0. The topological polar surface area (TPSA) is 63.0 Å². The fourth-order valence-electron chi connectivity index (χ4n) is 3.57. The fourth-order valence-corrected chi connectivity index (χ4v) is 3.57. The number of hydrogen-bond acceptors (Lipinski definition) is 4. The van der Waals surface area contributed by atoms with Crippen LogP contribution in [-0.2, 0) is 12.6 Å². The van der Waals surface area contributed by atoms with Gasteiger partial charge in [-0.2, -0.15) is 18.3 Å². The number of nitrogens with zero attached hydrogens (tertiary/aromatic N) is 3. The second-order valence-electron chi connectivity index (χ2n) is 6.89. The zero-order chi connectivity index (χ0) is 20.6. The first-order chi connectivity index (χ1) is 13.8. The molecule has 0 amide bonds. The molecule has 29 heavy (non-hydrogen) atoms. The Balaban J connectivity index is 1.55. The van der Waals surface area contributed by atoms with Crippen LogP contribution in [0.4, 0.5) is 17.6 Å². The smallest absolute Gasteiger partial charge is 0.373 e. The lowest BCUT2D eigenvalue weighted by Crippen LogP contribution is -2.29. The van der Waals surface area contributed by atoms with Crippen molar-refractivity contribution in [2.24, 2.45) is 0 Å². The van der Waals surface area contributed by atoms with Crippen LogP contribution in [0.15, 0.2) is 48.8 Å². The monoisotopic (exact) mass is 406 g/mol. The van der Waals surface area contributed by atoms with E-state index in [0.29, 0.717) is 24.7 Å². The predicted molar refractivity (Wildman–Crippen MR) is 96.5 cm³/mol. The normalized spacial score (nSPS) is 17.8. The molecular weight excluding hydrogens is 388 g/mol. The van der Waals surface area contributed by atoms with Crippen molar-refractivity contribution in [1.82, 2.24) is 20.1 Å². The fraction of sp³-hybridized carbons (Fsp3) is 0.300. The van der Waals surface area contributed by atoms with Crippen molar-refractivity contribution in [1.29, 1.82) is 0 Å². The standard InChI is InChI=1S/C20H18F4N4O/c21-14-4-1-2-6-18(14)28-17-7-3-5-15(13(17)11-26-28)27-19(29)16-9-8-12(10-25-16)20(22,23)24/h1-2,4,6,8-11,15,19,27,29H,3,5,7H2/t15-,19?/m1/s1. The number of para-hydroxylation sites is 1. The number of aliphatic hydroxyl groups is 1. The van der Waals surface area contributed by atoms with E-state index in [0.717, 1.165) is 29.8 Å². The van der Waals surface area contributed by atoms with Gasteiger partial charge in [0.25, 0.3) is 0 Å². The number of benzene rings is 1. The molecule has 9 heteroatoms. The highest BCUT2D eigenvalue weighted by molar-refractivity contribution is 5.38. The minimum Gasteiger partial charge on any atom is -0.373 e. The summed E-state index contributed by atoms with van der Waals surface area (Å²) < 4.78 is 53.7. The largest absolute Gasteiger partial charge is 0.417 e. The second-order valence-corrected chi connectivity index (χ2v) is 6.89. The number of rotatable bonds is 4. The summed E-state index contributed by atoms with van der Waals surface area (Å²) in [6.07, 6.45) is -1.20. The molecule has 0 saturated heterocycles. The third-order valence-electron chi connectivity index (χ3n) is 5.02. The van der Waals surface area contributed by atoms with E-state index in [1.807, 2.05) is 0 Å². The minimum absolute atomic E-state index is 0.0895. The summed E-state index contributed by atoms with van der Waals surface area (Å²) in [6.45, 7) is 0. The Labute approximate surface area is 164 Å². The predicted octanol–water partition coefficient (Wildman–Crippen LogP) is 4.08. The van der Waals surface area contributed by atoms with Crippen LogP contribution in [-0.4, -0.2) is 19.9 Å². The summed E-state index contributed by atoms with van der Waals surface area (Å²) in [5, 5.41) is 17.7. The lowest BCUT2D eigenvalue weighted by Gasteiger charge is -2.26. The molecular formula is C20H18F4N4O. The molecule has 0 aliphatic heterocycles. The summed E-state index contributed by atoms with van der Waals surface area (Å²) in [7, 11) is 0. The number of fused-ring (bicyclic) bond motifs is 1. The average Bonchev–Trinajstić information content (AvgIpc) is 3.13. The highest BCUT2D eigenvalue weighted by Crippen LogP contribution is 2.33. The van der Waals surface area contributed by atoms with Crippen LogP contribution in [0.5, 0.6) is 0 Å². The SMILES string of the molecule is OC(N[C@@H]1CCCc2c1cnn2-c1ccccc1F)c1ccc(C(F)(F)F)cn1. The molecule has 2 aromatic heterocycles. The van der Waals surface area contributed by atoms with Gasteiger partial charge >= 0.3 is 6.18 Å². The Morgan fingerprint density at radius 1 is 1.14 bits per heavy atom. The maximum absolute atomic E-state index is 14.2. The molecule has 4 rings (SSSR count). The van der Waals surface area contributed by atoms with E-state index in [1.165, 1.54) is 6.07 Å². The Morgan fingerprint density at radius 2 is 1.93 bits per heavy atom. The third-order valence-corrected chi connectivity index (χ3v) is 5.02. The van der Waals surface area contributed by atoms with Crippen molar-refractivity contribution in [2.75, 3.05) is 0 Å². The first-order valence-electron chi connectivity index (χ1n) is 9.13. The Kier molecular flexibility index (Phi) is 5.10. The number of hydrogen-bond donors (Lipinski definition) is 2. The van der Waals surface area contributed by atoms with Crippen LogP contribution in [0.25, 0.3) is 5.69 Å². The van der Waals surface area contributed by atoms with Gasteiger partial charge in [0.05, 0.1) is 17.5 Å². The van der Waals surface area contributed by atoms with Gasteiger partial charge in [0, 0.05) is 23.5 Å². The van der Waals surface area contributed by atoms with Crippen molar-refractivity contribution in [3.8, 4) is 5.69 Å². The molecule has 0 bridgehead atoms. The molecule has 1 unspecified atom stereocenters. The van der Waals surface area contributed by atoms with Gasteiger partial charge in [-0.15, -0.1) is 0 Å². The highest BCUT2D eigenvalue weighted by atomic mass is 19.4. The van der Waals surface area contributed by atoms with Crippen LogP contribution in [0, 0.1) is 5.82 Å². The number of aliphatic hydroxyl groups excluding tert-OH is 1. The summed E-state index contributed by atoms with van der Waals surface area (Å²) in [5.74, 6) is -0.387. The molecule has 0 spiro atoms. The van der Waals surface area contributed by atoms with E-state index in [9.17, 15) is 22.7 Å². The van der Waals surface area contributed by atoms with Crippen molar-refractivity contribution in [3.63, 3.8) is 0 Å². The molecule has 0 fully saturated rings. The maximum Gasteiger partial charge on any atom is 0.417 e. The molecule has 2 N–H and O–H groups in total. The van der Waals surface area contributed by atoms with Crippen LogP contribution in [0.2, 0.25) is 0 Å². The third kappa shape index (κ3) is 3.88. The molecule has 152 valence electrons. The van der Waals surface area contributed by atoms with Gasteiger partial charge in [-0.1, -0.05) is 12.1 Å². The maximum atomic E-state index is 14.2. The van der Waals surface area contributed by atoms with E-state index in [2.05, 4.69) is 15.4 Å². The van der Waals surface area contributed by atoms with E-state index >= 15 is 0 Å². The summed E-state index contributed by atoms with van der Waals surface area (Å²) in [6, 6.07) is 8.08. The van der Waals surface area contributed by atoms with E-state index in [4.69, 9.17) is 0 Å². The highest BCUT2D eigenvalue weighted by Gasteiger charge is 2.31. The van der Waals surface area contributed by atoms with Crippen LogP contribution < -0.4 is 5.32 Å². The van der Waals surface area contributed by atoms with Crippen molar-refractivity contribution in [3.05, 3.63) is 77.1 Å². The molecule has 3 aromatic rings. The Morgan fingerprint density at radius 3 is 2.62 bits per heavy atom. The van der Waals surface area contributed by atoms with Gasteiger partial charge in [0.1, 0.15) is 17.7 Å². The molecule has 1 aliphatic rings. The zero-order valence-corrected chi connectivity index (χ0v) is 15.2. The first-order valence-corrected chi connectivity index (χ1v) is 9.13. The number of aromatic nitrogens is 3. The zero-order valence-electron chi connectivity index (χ0n) is 15.2. The van der Waals surface area contributed by atoms with Gasteiger partial charge in [0.15, 0.2) is 0 Å². The van der Waals surface area contributed by atoms with Crippen molar-refractivity contribution in [2.45, 2.75) is 37.7 Å². The van der Waals surface area contributed by atoms with Gasteiger partial charge in [-0.3, -0.25) is 10.3 Å². The summed E-state index contributed by atoms with van der Waals surface area (Å²) in [5.41, 5.74) is 1.22. The van der Waals surface area contributed by atoms with Crippen molar-refractivity contribution < 1.29 is 22.7 Å². The number of nitrogens with one attached hydrogen (secondary N) is 1. The molecule has 1 aromatic carbocycles. The lowest BCUT2D eigenvalue weighted by molar-refractivity contribution is -0.137. The minimum atomic E-state index is -4.48. The number of pyridine rings is 1. The quantitative estimate of drug-likeness (QED) is 0.506. The Hall–Kier alpha value is -2.78. The van der Waals surface area contributed by atoms with Crippen LogP contribution >= 0.6 is 0 Å². The number of halogens is 4. The van der Waals surface area contributed by atoms with E-state index in [-0.39, 0.29) is 17.6 Å². The van der Waals surface area contributed by atoms with Gasteiger partial charge in [-0.05, 0) is 43.5 Å². The number of alkyl halides is 3. The molecule has 2 heterocycles. The van der Waals surface area contributed by atoms with Crippen LogP contribution in [0.3, 0.4) is 0 Å². The molecule has 0 saturated carbocycles. The Bertz CT molecular complexity index is 1000. The van der Waals surface area contributed by atoms with Gasteiger partial charge < -0.3 is 5.11 Å². The van der Waals surface area contributed by atoms with Gasteiger partial charge in [-0.25, -0.2) is 9.07 Å². The van der Waals surface area contributed by atoms with Crippen LogP contribution in [0.1, 0.15) is 47.6 Å². The summed E-state index contributed by atoms with van der Waals surface area (Å²) in [4.78, 5) is 3.73. The molecule has 0 radical (unpaired) electrons. The molecule has 5 nitrogen and oxygen atoms in total. The molecule has 1 aliphatic carbocycles.